The second-order valence-electron chi connectivity index (χ2n) is 5.03. The Balaban J connectivity index is 1.95. The van der Waals surface area contributed by atoms with Crippen molar-refractivity contribution in [1.82, 2.24) is 10.2 Å². The zero-order chi connectivity index (χ0) is 17.5. The number of allylic oxidation sites excluding steroid dienone is 1. The monoisotopic (exact) mass is 348 g/mol. The molecule has 7 heteroatoms. The highest BCUT2D eigenvalue weighted by Gasteiger charge is 2.34. The van der Waals surface area contributed by atoms with Crippen LogP contribution in [0.25, 0.3) is 6.08 Å². The van der Waals surface area contributed by atoms with Crippen molar-refractivity contribution in [3.05, 3.63) is 53.2 Å². The molecule has 1 aliphatic heterocycles. The van der Waals surface area contributed by atoms with E-state index >= 15 is 0 Å². The molecule has 1 N–H and O–H groups in total. The first-order valence-corrected chi connectivity index (χ1v) is 8.22. The van der Waals surface area contributed by atoms with Crippen molar-refractivity contribution in [2.45, 2.75) is 12.8 Å². The van der Waals surface area contributed by atoms with Gasteiger partial charge in [0.1, 0.15) is 5.82 Å². The van der Waals surface area contributed by atoms with Gasteiger partial charge in [-0.05, 0) is 30.3 Å². The molecule has 0 aliphatic carbocycles. The van der Waals surface area contributed by atoms with E-state index < -0.39 is 17.0 Å². The first-order valence-electron chi connectivity index (χ1n) is 7.40. The number of nitrogens with zero attached hydrogens (tertiary/aromatic N) is 1. The zero-order valence-electron chi connectivity index (χ0n) is 13.0. The smallest absolute Gasteiger partial charge is 0.293 e. The Bertz CT molecular complexity index is 703. The van der Waals surface area contributed by atoms with Crippen molar-refractivity contribution in [2.24, 2.45) is 0 Å². The SMILES string of the molecule is C=CCCC(=O)NCCN1C(=O)S/C(=C\c2ccccc2F)C1=O. The van der Waals surface area contributed by atoms with E-state index in [9.17, 15) is 18.8 Å². The molecule has 1 fully saturated rings. The molecule has 0 radical (unpaired) electrons. The molecule has 0 atom stereocenters. The number of hydrogen-bond donors (Lipinski definition) is 1. The molecule has 1 aliphatic rings. The topological polar surface area (TPSA) is 66.5 Å². The van der Waals surface area contributed by atoms with Crippen LogP contribution < -0.4 is 5.32 Å². The fourth-order valence-corrected chi connectivity index (χ4v) is 2.91. The highest BCUT2D eigenvalue weighted by atomic mass is 32.2. The maximum absolute atomic E-state index is 13.6. The number of imide groups is 1. The third kappa shape index (κ3) is 4.55. The van der Waals surface area contributed by atoms with Gasteiger partial charge >= 0.3 is 0 Å². The average molecular weight is 348 g/mol. The van der Waals surface area contributed by atoms with Gasteiger partial charge in [0.05, 0.1) is 4.91 Å². The predicted octanol–water partition coefficient (Wildman–Crippen LogP) is 2.94. The molecule has 0 spiro atoms. The van der Waals surface area contributed by atoms with E-state index in [1.54, 1.807) is 18.2 Å². The van der Waals surface area contributed by atoms with Crippen LogP contribution in [0.2, 0.25) is 0 Å². The maximum Gasteiger partial charge on any atom is 0.293 e. The summed E-state index contributed by atoms with van der Waals surface area (Å²) >= 11 is 0.764. The van der Waals surface area contributed by atoms with Crippen LogP contribution in [0.5, 0.6) is 0 Å². The summed E-state index contributed by atoms with van der Waals surface area (Å²) in [6.45, 7) is 3.80. The largest absolute Gasteiger partial charge is 0.354 e. The standard InChI is InChI=1S/C17H17FN2O3S/c1-2-3-8-15(21)19-9-10-20-16(22)14(24-17(20)23)11-12-6-4-5-7-13(12)18/h2,4-7,11H,1,3,8-10H2,(H,19,21)/b14-11-. The molecule has 1 saturated heterocycles. The minimum Gasteiger partial charge on any atom is -0.354 e. The van der Waals surface area contributed by atoms with E-state index in [0.29, 0.717) is 12.8 Å². The van der Waals surface area contributed by atoms with Crippen LogP contribution in [0, 0.1) is 5.82 Å². The molecule has 0 bridgehead atoms. The molecule has 0 unspecified atom stereocenters. The number of rotatable bonds is 7. The summed E-state index contributed by atoms with van der Waals surface area (Å²) in [5.41, 5.74) is 0.251. The highest BCUT2D eigenvalue weighted by Crippen LogP contribution is 2.32. The Morgan fingerprint density at radius 3 is 2.79 bits per heavy atom. The molecule has 5 nitrogen and oxygen atoms in total. The first kappa shape index (κ1) is 17.9. The molecule has 3 amide bonds. The molecule has 1 aromatic carbocycles. The van der Waals surface area contributed by atoms with Gasteiger partial charge in [-0.1, -0.05) is 24.3 Å². The van der Waals surface area contributed by atoms with Gasteiger partial charge < -0.3 is 5.32 Å². The second kappa shape index (κ2) is 8.44. The Hall–Kier alpha value is -2.41. The van der Waals surface area contributed by atoms with Crippen molar-refractivity contribution in [2.75, 3.05) is 13.1 Å². The van der Waals surface area contributed by atoms with E-state index in [-0.39, 0.29) is 29.5 Å². The zero-order valence-corrected chi connectivity index (χ0v) is 13.8. The minimum atomic E-state index is -0.478. The van der Waals surface area contributed by atoms with Crippen LogP contribution in [0.3, 0.4) is 0 Å². The number of thioether (sulfide) groups is 1. The van der Waals surface area contributed by atoms with Crippen LogP contribution in [0.1, 0.15) is 18.4 Å². The number of hydrogen-bond acceptors (Lipinski definition) is 4. The van der Waals surface area contributed by atoms with Crippen molar-refractivity contribution in [1.29, 1.82) is 0 Å². The lowest BCUT2D eigenvalue weighted by Gasteiger charge is -2.12. The molecular formula is C17H17FN2O3S. The molecule has 24 heavy (non-hydrogen) atoms. The lowest BCUT2D eigenvalue weighted by Crippen LogP contribution is -2.37. The molecular weight excluding hydrogens is 331 g/mol. The Morgan fingerprint density at radius 2 is 2.08 bits per heavy atom. The summed E-state index contributed by atoms with van der Waals surface area (Å²) in [6.07, 6.45) is 3.89. The highest BCUT2D eigenvalue weighted by molar-refractivity contribution is 8.18. The van der Waals surface area contributed by atoms with Crippen LogP contribution in [0.4, 0.5) is 9.18 Å². The fourth-order valence-electron chi connectivity index (χ4n) is 2.05. The van der Waals surface area contributed by atoms with Crippen LogP contribution in [-0.4, -0.2) is 35.0 Å². The maximum atomic E-state index is 13.6. The first-order chi connectivity index (χ1) is 11.5. The van der Waals surface area contributed by atoms with E-state index in [4.69, 9.17) is 0 Å². The number of benzene rings is 1. The Kier molecular flexibility index (Phi) is 6.31. The third-order valence-corrected chi connectivity index (χ3v) is 4.21. The Labute approximate surface area is 143 Å². The van der Waals surface area contributed by atoms with Gasteiger partial charge in [0.25, 0.3) is 11.1 Å². The van der Waals surface area contributed by atoms with Gasteiger partial charge in [-0.15, -0.1) is 6.58 Å². The molecule has 1 aromatic rings. The van der Waals surface area contributed by atoms with E-state index in [1.807, 2.05) is 0 Å². The predicted molar refractivity (Wildman–Crippen MR) is 91.5 cm³/mol. The summed E-state index contributed by atoms with van der Waals surface area (Å²) in [5, 5.41) is 2.21. The van der Waals surface area contributed by atoms with E-state index in [1.165, 1.54) is 18.2 Å². The molecule has 0 saturated carbocycles. The van der Waals surface area contributed by atoms with Gasteiger partial charge in [-0.2, -0.15) is 0 Å². The quantitative estimate of drug-likeness (QED) is 0.608. The molecule has 126 valence electrons. The average Bonchev–Trinajstić information content (AvgIpc) is 2.82. The van der Waals surface area contributed by atoms with Gasteiger partial charge in [-0.3, -0.25) is 19.3 Å². The summed E-state index contributed by atoms with van der Waals surface area (Å²) in [7, 11) is 0. The number of halogens is 1. The lowest BCUT2D eigenvalue weighted by atomic mass is 10.2. The second-order valence-corrected chi connectivity index (χ2v) is 6.03. The summed E-state index contributed by atoms with van der Waals surface area (Å²) in [4.78, 5) is 36.9. The number of carbonyl (C=O) groups is 3. The minimum absolute atomic E-state index is 0.0824. The lowest BCUT2D eigenvalue weighted by molar-refractivity contribution is -0.124. The number of carbonyl (C=O) groups excluding carboxylic acids is 3. The van der Waals surface area contributed by atoms with Gasteiger partial charge in [-0.25, -0.2) is 4.39 Å². The van der Waals surface area contributed by atoms with Gasteiger partial charge in [0.15, 0.2) is 0 Å². The molecule has 1 heterocycles. The molecule has 2 rings (SSSR count). The van der Waals surface area contributed by atoms with E-state index in [0.717, 1.165) is 16.7 Å². The van der Waals surface area contributed by atoms with Crippen molar-refractivity contribution in [3.8, 4) is 0 Å². The van der Waals surface area contributed by atoms with Crippen molar-refractivity contribution < 1.29 is 18.8 Å². The summed E-state index contributed by atoms with van der Waals surface area (Å²) in [5.74, 6) is -1.10. The van der Waals surface area contributed by atoms with Gasteiger partial charge in [0, 0.05) is 25.1 Å². The van der Waals surface area contributed by atoms with Crippen LogP contribution >= 0.6 is 11.8 Å². The normalized spacial score (nSPS) is 15.9. The fraction of sp³-hybridized carbons (Fsp3) is 0.235. The number of amides is 3. The molecule has 0 aromatic heterocycles. The summed E-state index contributed by atoms with van der Waals surface area (Å²) in [6, 6.07) is 6.02. The number of nitrogens with one attached hydrogen (secondary N) is 1. The Morgan fingerprint density at radius 1 is 1.33 bits per heavy atom. The van der Waals surface area contributed by atoms with Gasteiger partial charge in [0.2, 0.25) is 5.91 Å². The van der Waals surface area contributed by atoms with Crippen molar-refractivity contribution in [3.63, 3.8) is 0 Å². The third-order valence-electron chi connectivity index (χ3n) is 3.30. The van der Waals surface area contributed by atoms with Crippen LogP contribution in [-0.2, 0) is 9.59 Å². The summed E-state index contributed by atoms with van der Waals surface area (Å²) < 4.78 is 13.6. The van der Waals surface area contributed by atoms with E-state index in [2.05, 4.69) is 11.9 Å². The van der Waals surface area contributed by atoms with Crippen LogP contribution in [0.15, 0.2) is 41.8 Å². The van der Waals surface area contributed by atoms with Crippen molar-refractivity contribution >= 4 is 34.9 Å².